The van der Waals surface area contributed by atoms with Crippen molar-refractivity contribution in [2.24, 2.45) is 29.1 Å². The number of halogens is 3. The molecular weight excluding hydrogens is 1550 g/mol. The highest BCUT2D eigenvalue weighted by Crippen LogP contribution is 2.48. The maximum absolute atomic E-state index is 14.4. The number of fused-ring (bicyclic) bond motifs is 4. The van der Waals surface area contributed by atoms with Crippen LogP contribution >= 0.6 is 39.1 Å². The Balaban J connectivity index is 0.000000144. The average molecular weight is 1660 g/mol. The molecule has 5 fully saturated rings. The van der Waals surface area contributed by atoms with Gasteiger partial charge in [-0.3, -0.25) is 34.0 Å². The Bertz CT molecular complexity index is 5010. The van der Waals surface area contributed by atoms with E-state index in [1.807, 2.05) is 113 Å². The fourth-order valence-electron chi connectivity index (χ4n) is 17.7. The maximum Gasteiger partial charge on any atom is 0.495 e. The first kappa shape index (κ1) is 82.7. The van der Waals surface area contributed by atoms with Crippen LogP contribution in [-0.2, 0) is 23.7 Å². The van der Waals surface area contributed by atoms with Crippen molar-refractivity contribution >= 4 is 102 Å². The molecule has 2 amide bonds. The molecule has 18 heteroatoms. The van der Waals surface area contributed by atoms with Gasteiger partial charge in [0.2, 0.25) is 0 Å². The number of carbonyl (C=O) groups excluding carboxylic acids is 3. The quantitative estimate of drug-likeness (QED) is 0.0436. The minimum absolute atomic E-state index is 0.0426. The van der Waals surface area contributed by atoms with E-state index in [0.717, 1.165) is 124 Å². The van der Waals surface area contributed by atoms with Crippen LogP contribution in [0.1, 0.15) is 141 Å². The Morgan fingerprint density at radius 3 is 1.34 bits per heavy atom. The molecular formula is C98H110BBrCl2N6O8. The third-order valence-electron chi connectivity index (χ3n) is 25.2. The topological polar surface area (TPSA) is 117 Å². The summed E-state index contributed by atoms with van der Waals surface area (Å²) in [6.45, 7) is 30.6. The normalized spacial score (nSPS) is 19.7. The number of nitrogens with zero attached hydrogens (tertiary/aromatic N) is 6. The van der Waals surface area contributed by atoms with Gasteiger partial charge in [-0.25, -0.2) is 0 Å². The summed E-state index contributed by atoms with van der Waals surface area (Å²) in [5, 5.41) is 5.56. The van der Waals surface area contributed by atoms with Gasteiger partial charge in [0, 0.05) is 74.2 Å². The van der Waals surface area contributed by atoms with Crippen LogP contribution in [0.25, 0.3) is 32.7 Å². The Morgan fingerprint density at radius 1 is 0.500 bits per heavy atom. The van der Waals surface area contributed by atoms with Crippen molar-refractivity contribution in [1.82, 2.24) is 19.6 Å². The maximum atomic E-state index is 14.4. The van der Waals surface area contributed by atoms with E-state index in [1.54, 1.807) is 0 Å². The fourth-order valence-corrected chi connectivity index (χ4v) is 18.5. The molecule has 116 heavy (non-hydrogen) atoms. The summed E-state index contributed by atoms with van der Waals surface area (Å²) in [6.07, 6.45) is 6.15. The number of likely N-dealkylation sites (tertiary alicyclic amines) is 4. The predicted molar refractivity (Wildman–Crippen MR) is 475 cm³/mol. The third-order valence-corrected chi connectivity index (χ3v) is 26.7. The molecule has 0 aromatic heterocycles. The fraction of sp³-hybridized carbons (Fsp3) is 0.398. The number of anilines is 2. The zero-order valence-electron chi connectivity index (χ0n) is 68.8. The smallest absolute Gasteiger partial charge is 0.477 e. The summed E-state index contributed by atoms with van der Waals surface area (Å²) in [6, 6.07) is 75.7. The first-order valence-electron chi connectivity index (χ1n) is 41.9. The van der Waals surface area contributed by atoms with E-state index in [0.29, 0.717) is 53.8 Å². The summed E-state index contributed by atoms with van der Waals surface area (Å²) < 4.78 is 31.9. The van der Waals surface area contributed by atoms with Crippen molar-refractivity contribution < 1.29 is 37.9 Å². The highest BCUT2D eigenvalue weighted by molar-refractivity contribution is 9.10. The van der Waals surface area contributed by atoms with Crippen LogP contribution in [-0.4, -0.2) is 146 Å². The van der Waals surface area contributed by atoms with Gasteiger partial charge in [-0.05, 0) is 232 Å². The molecule has 604 valence electrons. The third kappa shape index (κ3) is 18.4. The highest BCUT2D eigenvalue weighted by atomic mass is 79.9. The van der Waals surface area contributed by atoms with Crippen LogP contribution in [0.15, 0.2) is 223 Å². The standard InChI is InChI=1S/C44H46ClN3O2.C33H37BrClN3O2.C21H27BO4/c1-3-31-18-20-46(21-19-31)29-42-44(49)48(28-32-26-47(27-32)43(33-12-6-4-7-13-33)34-14-8-5-9-15-34)40-25-39(45)38(24-41(40)50-42)37-23-30(2)22-35-16-10-11-17-36(35)37;1-2-23-13-15-36(16-14-23)22-31-33(39)38(29-18-28(35)27(34)17-30(29)40-31)21-24-19-37(20-24)32(25-9-5-3-6-10-25)26-11-7-4-8-12-26;1-19(2,3)18(23)24-15-12-14-10-8-9-11-16(14)17(13-15)22-25-20(4,5)21(6,7)26-22/h4-17,22-25,31-32,42-43H,3,18-21,26-29H2,1-2H3;3-12,17-18,23-24,31-32H,2,13-16,19-22H2,1H3;8-13H,1-7H3. The minimum atomic E-state index is -0.573. The number of aryl methyl sites for hydroxylation is 1. The second-order valence-electron chi connectivity index (χ2n) is 35.0. The molecule has 2 atom stereocenters. The Morgan fingerprint density at radius 2 is 0.905 bits per heavy atom. The van der Waals surface area contributed by atoms with Crippen molar-refractivity contribution in [3.8, 4) is 28.4 Å². The van der Waals surface area contributed by atoms with Gasteiger partial charge in [-0.2, -0.15) is 0 Å². The number of benzene rings is 10. The molecule has 0 saturated carbocycles. The first-order chi connectivity index (χ1) is 55.8. The summed E-state index contributed by atoms with van der Waals surface area (Å²) in [5.74, 6) is 4.07. The zero-order valence-corrected chi connectivity index (χ0v) is 71.9. The Labute approximate surface area is 704 Å². The van der Waals surface area contributed by atoms with Gasteiger partial charge >= 0.3 is 13.1 Å². The number of hydrogen-bond donors (Lipinski definition) is 0. The second-order valence-corrected chi connectivity index (χ2v) is 36.7. The molecule has 0 radical (unpaired) electrons. The molecule has 7 aliphatic rings. The molecule has 0 N–H and O–H groups in total. The van der Waals surface area contributed by atoms with Crippen LogP contribution in [0, 0.1) is 36.0 Å². The van der Waals surface area contributed by atoms with Gasteiger partial charge in [0.1, 0.15) is 17.2 Å². The van der Waals surface area contributed by atoms with Gasteiger partial charge in [-0.15, -0.1) is 0 Å². The van der Waals surface area contributed by atoms with Crippen LogP contribution < -0.4 is 29.5 Å². The van der Waals surface area contributed by atoms with E-state index < -0.39 is 35.9 Å². The van der Waals surface area contributed by atoms with Crippen molar-refractivity contribution in [3.05, 3.63) is 261 Å². The van der Waals surface area contributed by atoms with Crippen LogP contribution in [0.4, 0.5) is 11.4 Å². The van der Waals surface area contributed by atoms with Crippen LogP contribution in [0.5, 0.6) is 17.2 Å². The van der Waals surface area contributed by atoms with Crippen molar-refractivity contribution in [2.75, 3.05) is 88.3 Å². The number of hydrogen-bond acceptors (Lipinski definition) is 12. The predicted octanol–water partition coefficient (Wildman–Crippen LogP) is 20.5. The van der Waals surface area contributed by atoms with Gasteiger partial charge in [0.25, 0.3) is 11.8 Å². The molecule has 10 aromatic rings. The first-order valence-corrected chi connectivity index (χ1v) is 43.4. The van der Waals surface area contributed by atoms with Gasteiger partial charge < -0.3 is 33.3 Å². The molecule has 10 aromatic carbocycles. The van der Waals surface area contributed by atoms with Crippen molar-refractivity contribution in [3.63, 3.8) is 0 Å². The van der Waals surface area contributed by atoms with Crippen LogP contribution in [0.2, 0.25) is 10.0 Å². The Kier molecular flexibility index (Phi) is 25.4. The zero-order chi connectivity index (χ0) is 81.2. The molecule has 2 unspecified atom stereocenters. The largest absolute Gasteiger partial charge is 0.495 e. The molecule has 0 aliphatic carbocycles. The van der Waals surface area contributed by atoms with E-state index in [4.69, 9.17) is 46.7 Å². The van der Waals surface area contributed by atoms with Gasteiger partial charge in [0.15, 0.2) is 12.2 Å². The molecule has 17 rings (SSSR count). The number of carbonyl (C=O) groups is 3. The SMILES string of the molecule is CC(C)(C)C(=O)Oc1cc(B2OC(C)(C)C(C)(C)O2)c2ccccc2c1.CCC1CCN(CC2Oc3cc(-c4cc(C)cc5ccccc45)c(Cl)cc3N(CC3CN(C(c4ccccc4)c4ccccc4)C3)C2=O)CC1.CCC1CCN(CC2Oc3cc(Br)c(Cl)cc3N(CC3CN(C(c4ccccc4)c4ccccc4)C3)C2=O)CC1. The second kappa shape index (κ2) is 35.7. The highest BCUT2D eigenvalue weighted by Gasteiger charge is 2.53. The number of rotatable bonds is 19. The average Bonchev–Trinajstić information content (AvgIpc) is 1.68. The summed E-state index contributed by atoms with van der Waals surface area (Å²) in [4.78, 5) is 54.5. The lowest BCUT2D eigenvalue weighted by Gasteiger charge is -2.47. The van der Waals surface area contributed by atoms with E-state index in [2.05, 4.69) is 220 Å². The van der Waals surface area contributed by atoms with E-state index in [9.17, 15) is 14.4 Å². The summed E-state index contributed by atoms with van der Waals surface area (Å²) >= 11 is 17.2. The van der Waals surface area contributed by atoms with Gasteiger partial charge in [0.05, 0.1) is 50.1 Å². The van der Waals surface area contributed by atoms with E-state index >= 15 is 0 Å². The Hall–Kier alpha value is -8.39. The number of esters is 1. The summed E-state index contributed by atoms with van der Waals surface area (Å²) in [7, 11) is -0.516. The number of ether oxygens (including phenoxy) is 3. The molecule has 0 bridgehead atoms. The number of amides is 2. The lowest BCUT2D eigenvalue weighted by molar-refractivity contribution is -0.143. The number of piperidine rings is 2. The van der Waals surface area contributed by atoms with Crippen molar-refractivity contribution in [2.45, 2.75) is 143 Å². The van der Waals surface area contributed by atoms with Gasteiger partial charge in [-0.1, -0.05) is 232 Å². The minimum Gasteiger partial charge on any atom is -0.477 e. The molecule has 5 saturated heterocycles. The molecule has 0 spiro atoms. The van der Waals surface area contributed by atoms with Crippen molar-refractivity contribution in [1.29, 1.82) is 0 Å². The lowest BCUT2D eigenvalue weighted by Crippen LogP contribution is -2.57. The molecule has 7 aliphatic heterocycles. The lowest BCUT2D eigenvalue weighted by atomic mass is 9.76. The monoisotopic (exact) mass is 1660 g/mol. The van der Waals surface area contributed by atoms with E-state index in [1.165, 1.54) is 71.7 Å². The van der Waals surface area contributed by atoms with E-state index in [-0.39, 0.29) is 29.9 Å². The molecule has 14 nitrogen and oxygen atoms in total. The molecule has 7 heterocycles. The summed E-state index contributed by atoms with van der Waals surface area (Å²) in [5.41, 5.74) is 9.36. The van der Waals surface area contributed by atoms with Crippen LogP contribution in [0.3, 0.4) is 0 Å².